The lowest BCUT2D eigenvalue weighted by Gasteiger charge is -2.25. The third-order valence-electron chi connectivity index (χ3n) is 3.13. The number of rotatable bonds is 6. The number of anilines is 2. The maximum Gasteiger partial charge on any atom is 0.224 e. The Hall–Kier alpha value is -1.36. The van der Waals surface area contributed by atoms with Crippen LogP contribution >= 0.6 is 0 Å². The van der Waals surface area contributed by atoms with Crippen molar-refractivity contribution in [2.45, 2.75) is 32.8 Å². The molecule has 0 amide bonds. The molecule has 0 radical (unpaired) electrons. The van der Waals surface area contributed by atoms with Gasteiger partial charge in [0.15, 0.2) is 0 Å². The Morgan fingerprint density at radius 2 is 2.39 bits per heavy atom. The van der Waals surface area contributed by atoms with Crippen molar-refractivity contribution in [3.05, 3.63) is 12.3 Å². The molecule has 0 bridgehead atoms. The number of nitrogens with one attached hydrogen (secondary N) is 1. The number of hydrogen-bond acceptors (Lipinski definition) is 5. The molecular weight excluding hydrogens is 228 g/mol. The van der Waals surface area contributed by atoms with Gasteiger partial charge in [0.25, 0.3) is 0 Å². The van der Waals surface area contributed by atoms with Crippen molar-refractivity contribution in [2.75, 3.05) is 36.5 Å². The van der Waals surface area contributed by atoms with E-state index in [1.165, 1.54) is 6.42 Å². The molecule has 1 atom stereocenters. The highest BCUT2D eigenvalue weighted by atomic mass is 16.5. The van der Waals surface area contributed by atoms with Crippen LogP contribution in [-0.4, -0.2) is 42.3 Å². The lowest BCUT2D eigenvalue weighted by molar-refractivity contribution is 0.115. The summed E-state index contributed by atoms with van der Waals surface area (Å²) in [5.41, 5.74) is 0. The standard InChI is InChI=1S/C13H22N4O/c1-3-14-13-15-8-7-12(16-13)17(4-2)10-11-6-5-9-18-11/h7-8,11H,3-6,9-10H2,1-2H3,(H,14,15,16). The maximum atomic E-state index is 5.68. The van der Waals surface area contributed by atoms with Gasteiger partial charge >= 0.3 is 0 Å². The van der Waals surface area contributed by atoms with Crippen LogP contribution in [0.15, 0.2) is 12.3 Å². The predicted octanol–water partition coefficient (Wildman–Crippen LogP) is 1.91. The fourth-order valence-electron chi connectivity index (χ4n) is 2.19. The van der Waals surface area contributed by atoms with Gasteiger partial charge in [-0.3, -0.25) is 0 Å². The summed E-state index contributed by atoms with van der Waals surface area (Å²) in [7, 11) is 0. The van der Waals surface area contributed by atoms with E-state index in [4.69, 9.17) is 4.74 Å². The van der Waals surface area contributed by atoms with Gasteiger partial charge in [0.2, 0.25) is 5.95 Å². The zero-order valence-corrected chi connectivity index (χ0v) is 11.2. The minimum Gasteiger partial charge on any atom is -0.376 e. The summed E-state index contributed by atoms with van der Waals surface area (Å²) >= 11 is 0. The second kappa shape index (κ2) is 6.54. The average Bonchev–Trinajstić information content (AvgIpc) is 2.89. The largest absolute Gasteiger partial charge is 0.376 e. The van der Waals surface area contributed by atoms with E-state index in [-0.39, 0.29) is 0 Å². The van der Waals surface area contributed by atoms with E-state index < -0.39 is 0 Å². The van der Waals surface area contributed by atoms with E-state index in [0.29, 0.717) is 12.1 Å². The van der Waals surface area contributed by atoms with Crippen LogP contribution in [0.2, 0.25) is 0 Å². The van der Waals surface area contributed by atoms with Gasteiger partial charge in [-0.1, -0.05) is 0 Å². The molecule has 1 fully saturated rings. The normalized spacial score (nSPS) is 18.9. The number of ether oxygens (including phenoxy) is 1. The van der Waals surface area contributed by atoms with Crippen LogP contribution in [0.1, 0.15) is 26.7 Å². The van der Waals surface area contributed by atoms with Crippen molar-refractivity contribution in [3.63, 3.8) is 0 Å². The Balaban J connectivity index is 2.03. The molecule has 5 nitrogen and oxygen atoms in total. The molecule has 2 rings (SSSR count). The van der Waals surface area contributed by atoms with Crippen LogP contribution in [0, 0.1) is 0 Å². The monoisotopic (exact) mass is 250 g/mol. The van der Waals surface area contributed by atoms with E-state index in [1.807, 2.05) is 13.0 Å². The van der Waals surface area contributed by atoms with Gasteiger partial charge in [-0.05, 0) is 32.8 Å². The molecule has 1 aliphatic rings. The van der Waals surface area contributed by atoms with Crippen LogP contribution in [-0.2, 0) is 4.74 Å². The Labute approximate surface area is 109 Å². The van der Waals surface area contributed by atoms with E-state index in [9.17, 15) is 0 Å². The molecule has 1 saturated heterocycles. The van der Waals surface area contributed by atoms with Crippen LogP contribution in [0.5, 0.6) is 0 Å². The third kappa shape index (κ3) is 3.32. The summed E-state index contributed by atoms with van der Waals surface area (Å²) in [4.78, 5) is 11.0. The molecule has 0 aliphatic carbocycles. The lowest BCUT2D eigenvalue weighted by Crippen LogP contribution is -2.32. The number of nitrogens with zero attached hydrogens (tertiary/aromatic N) is 3. The van der Waals surface area contributed by atoms with Crippen LogP contribution < -0.4 is 10.2 Å². The SMILES string of the molecule is CCNc1nccc(N(CC)CC2CCCO2)n1. The van der Waals surface area contributed by atoms with Crippen LogP contribution in [0.3, 0.4) is 0 Å². The highest BCUT2D eigenvalue weighted by molar-refractivity contribution is 5.42. The Morgan fingerprint density at radius 1 is 1.50 bits per heavy atom. The minimum absolute atomic E-state index is 0.350. The van der Waals surface area contributed by atoms with Gasteiger partial charge in [0, 0.05) is 32.4 Å². The van der Waals surface area contributed by atoms with Crippen LogP contribution in [0.25, 0.3) is 0 Å². The lowest BCUT2D eigenvalue weighted by atomic mass is 10.2. The molecule has 0 spiro atoms. The molecule has 5 heteroatoms. The highest BCUT2D eigenvalue weighted by Gasteiger charge is 2.19. The Bertz CT molecular complexity index is 366. The molecule has 0 saturated carbocycles. The topological polar surface area (TPSA) is 50.3 Å². The molecular formula is C13H22N4O. The first-order valence-corrected chi connectivity index (χ1v) is 6.77. The minimum atomic E-state index is 0.350. The number of aromatic nitrogens is 2. The molecule has 18 heavy (non-hydrogen) atoms. The average molecular weight is 250 g/mol. The first-order chi connectivity index (χ1) is 8.83. The number of hydrogen-bond donors (Lipinski definition) is 1. The van der Waals surface area contributed by atoms with Gasteiger partial charge in [-0.25, -0.2) is 4.98 Å². The van der Waals surface area contributed by atoms with Gasteiger partial charge in [0.05, 0.1) is 6.10 Å². The van der Waals surface area contributed by atoms with Crippen molar-refractivity contribution in [3.8, 4) is 0 Å². The van der Waals surface area contributed by atoms with Crippen LogP contribution in [0.4, 0.5) is 11.8 Å². The van der Waals surface area contributed by atoms with E-state index >= 15 is 0 Å². The molecule has 2 heterocycles. The smallest absolute Gasteiger partial charge is 0.224 e. The molecule has 100 valence electrons. The zero-order chi connectivity index (χ0) is 12.8. The van der Waals surface area contributed by atoms with Gasteiger partial charge in [-0.15, -0.1) is 0 Å². The predicted molar refractivity (Wildman–Crippen MR) is 73.1 cm³/mol. The summed E-state index contributed by atoms with van der Waals surface area (Å²) in [5, 5.41) is 3.14. The molecule has 1 aromatic heterocycles. The first-order valence-electron chi connectivity index (χ1n) is 6.77. The highest BCUT2D eigenvalue weighted by Crippen LogP contribution is 2.17. The fourth-order valence-corrected chi connectivity index (χ4v) is 2.19. The van der Waals surface area contributed by atoms with Crippen molar-refractivity contribution in [1.29, 1.82) is 0 Å². The van der Waals surface area contributed by atoms with E-state index in [0.717, 1.165) is 38.5 Å². The Kier molecular flexibility index (Phi) is 4.75. The third-order valence-corrected chi connectivity index (χ3v) is 3.13. The second-order valence-electron chi connectivity index (χ2n) is 4.44. The van der Waals surface area contributed by atoms with Gasteiger partial charge in [0.1, 0.15) is 5.82 Å². The zero-order valence-electron chi connectivity index (χ0n) is 11.2. The molecule has 0 aromatic carbocycles. The summed E-state index contributed by atoms with van der Waals surface area (Å²) < 4.78 is 5.68. The van der Waals surface area contributed by atoms with E-state index in [1.54, 1.807) is 6.20 Å². The summed E-state index contributed by atoms with van der Waals surface area (Å²) in [6.07, 6.45) is 4.48. The summed E-state index contributed by atoms with van der Waals surface area (Å²) in [6, 6.07) is 1.96. The van der Waals surface area contributed by atoms with Crippen molar-refractivity contribution >= 4 is 11.8 Å². The van der Waals surface area contributed by atoms with Crippen molar-refractivity contribution in [2.24, 2.45) is 0 Å². The van der Waals surface area contributed by atoms with Gasteiger partial charge < -0.3 is 15.0 Å². The summed E-state index contributed by atoms with van der Waals surface area (Å²) in [6.45, 7) is 7.77. The van der Waals surface area contributed by atoms with Crippen molar-refractivity contribution < 1.29 is 4.74 Å². The molecule has 1 aromatic rings. The second-order valence-corrected chi connectivity index (χ2v) is 4.44. The molecule has 1 unspecified atom stereocenters. The quantitative estimate of drug-likeness (QED) is 0.836. The molecule has 1 N–H and O–H groups in total. The summed E-state index contributed by atoms with van der Waals surface area (Å²) in [5.74, 6) is 1.67. The Morgan fingerprint density at radius 3 is 3.06 bits per heavy atom. The fraction of sp³-hybridized carbons (Fsp3) is 0.692. The van der Waals surface area contributed by atoms with Gasteiger partial charge in [-0.2, -0.15) is 4.98 Å². The maximum absolute atomic E-state index is 5.68. The number of likely N-dealkylation sites (N-methyl/N-ethyl adjacent to an activating group) is 1. The van der Waals surface area contributed by atoms with E-state index in [2.05, 4.69) is 27.1 Å². The van der Waals surface area contributed by atoms with Crippen molar-refractivity contribution in [1.82, 2.24) is 9.97 Å². The first kappa shape index (κ1) is 13.1. The molecule has 1 aliphatic heterocycles.